The third-order valence-electron chi connectivity index (χ3n) is 2.18. The Morgan fingerprint density at radius 2 is 2.00 bits per heavy atom. The van der Waals surface area contributed by atoms with Gasteiger partial charge in [-0.2, -0.15) is 0 Å². The Morgan fingerprint density at radius 1 is 1.21 bits per heavy atom. The molecule has 4 heteroatoms. The Balaban J connectivity index is 2.02. The molecule has 0 saturated carbocycles. The van der Waals surface area contributed by atoms with Gasteiger partial charge in [-0.3, -0.25) is 5.01 Å². The van der Waals surface area contributed by atoms with Crippen LogP contribution in [0, 0.1) is 0 Å². The van der Waals surface area contributed by atoms with Gasteiger partial charge in [-0.1, -0.05) is 22.9 Å². The second-order valence-electron chi connectivity index (χ2n) is 3.33. The van der Waals surface area contributed by atoms with Crippen LogP contribution >= 0.6 is 11.6 Å². The summed E-state index contributed by atoms with van der Waals surface area (Å²) in [5.74, 6) is 0. The number of hydrogen-bond acceptors (Lipinski definition) is 2. The maximum Gasteiger partial charge on any atom is 0.0889 e. The highest BCUT2D eigenvalue weighted by molar-refractivity contribution is 6.30. The minimum absolute atomic E-state index is 0.697. The van der Waals surface area contributed by atoms with Gasteiger partial charge >= 0.3 is 0 Å². The quantitative estimate of drug-likeness (QED) is 0.686. The second-order valence-corrected chi connectivity index (χ2v) is 3.77. The fourth-order valence-corrected chi connectivity index (χ4v) is 1.63. The number of nitrogens with zero attached hydrogens (tertiary/aromatic N) is 3. The van der Waals surface area contributed by atoms with Gasteiger partial charge in [0.1, 0.15) is 0 Å². The van der Waals surface area contributed by atoms with E-state index in [1.54, 1.807) is 6.07 Å². The van der Waals surface area contributed by atoms with E-state index in [1.807, 2.05) is 23.2 Å². The van der Waals surface area contributed by atoms with E-state index in [2.05, 4.69) is 10.3 Å². The molecule has 0 atom stereocenters. The van der Waals surface area contributed by atoms with Crippen LogP contribution in [0.2, 0.25) is 5.02 Å². The molecule has 0 amide bonds. The minimum atomic E-state index is 0.697. The van der Waals surface area contributed by atoms with Gasteiger partial charge in [0.05, 0.1) is 5.69 Å². The molecule has 0 bridgehead atoms. The summed E-state index contributed by atoms with van der Waals surface area (Å²) in [7, 11) is 0. The maximum absolute atomic E-state index is 5.82. The molecule has 1 aromatic carbocycles. The summed E-state index contributed by atoms with van der Waals surface area (Å²) in [5, 5.41) is 10.9. The lowest BCUT2D eigenvalue weighted by Crippen LogP contribution is -2.09. The first-order valence-electron chi connectivity index (χ1n) is 4.77. The van der Waals surface area contributed by atoms with E-state index in [0.29, 0.717) is 5.02 Å². The third kappa shape index (κ3) is 2.45. The largest absolute Gasteiger partial charge is 0.278 e. The Morgan fingerprint density at radius 3 is 2.71 bits per heavy atom. The number of halogens is 1. The molecule has 0 N–H and O–H groups in total. The molecule has 2 rings (SSSR count). The van der Waals surface area contributed by atoms with Gasteiger partial charge in [-0.05, 0) is 31.0 Å². The molecule has 1 aliphatic heterocycles. The molecule has 1 fully saturated rings. The average Bonchev–Trinajstić information content (AvgIpc) is 2.67. The van der Waals surface area contributed by atoms with Crippen LogP contribution in [-0.2, 0) is 0 Å². The van der Waals surface area contributed by atoms with Crippen molar-refractivity contribution in [2.24, 2.45) is 10.3 Å². The molecule has 0 unspecified atom stereocenters. The molecule has 1 heterocycles. The van der Waals surface area contributed by atoms with Crippen LogP contribution in [0.5, 0.6) is 0 Å². The van der Waals surface area contributed by atoms with Crippen molar-refractivity contribution in [3.63, 3.8) is 0 Å². The van der Waals surface area contributed by atoms with Crippen molar-refractivity contribution in [1.82, 2.24) is 5.01 Å². The summed E-state index contributed by atoms with van der Waals surface area (Å²) in [6, 6.07) is 7.41. The van der Waals surface area contributed by atoms with Crippen molar-refractivity contribution in [2.45, 2.75) is 12.8 Å². The first-order chi connectivity index (χ1) is 6.84. The average molecular weight is 210 g/mol. The van der Waals surface area contributed by atoms with E-state index in [4.69, 9.17) is 11.6 Å². The van der Waals surface area contributed by atoms with E-state index in [1.165, 1.54) is 12.8 Å². The van der Waals surface area contributed by atoms with Gasteiger partial charge in [0.2, 0.25) is 0 Å². The molecule has 0 spiro atoms. The van der Waals surface area contributed by atoms with Gasteiger partial charge in [-0.25, -0.2) is 0 Å². The van der Waals surface area contributed by atoms with Crippen LogP contribution in [0.25, 0.3) is 0 Å². The van der Waals surface area contributed by atoms with Gasteiger partial charge in [0.25, 0.3) is 0 Å². The monoisotopic (exact) mass is 209 g/mol. The van der Waals surface area contributed by atoms with Crippen molar-refractivity contribution >= 4 is 17.3 Å². The van der Waals surface area contributed by atoms with Gasteiger partial charge in [-0.15, -0.1) is 5.11 Å². The molecule has 1 saturated heterocycles. The number of benzene rings is 1. The summed E-state index contributed by atoms with van der Waals surface area (Å²) in [4.78, 5) is 0. The maximum atomic E-state index is 5.82. The fraction of sp³-hybridized carbons (Fsp3) is 0.400. The predicted molar refractivity (Wildman–Crippen MR) is 56.8 cm³/mol. The predicted octanol–water partition coefficient (Wildman–Crippen LogP) is 3.43. The molecule has 0 aromatic heterocycles. The number of hydrogen-bond donors (Lipinski definition) is 0. The molecule has 1 aromatic rings. The molecule has 1 aliphatic rings. The van der Waals surface area contributed by atoms with Crippen LogP contribution < -0.4 is 0 Å². The Kier molecular flexibility index (Phi) is 2.99. The van der Waals surface area contributed by atoms with E-state index in [9.17, 15) is 0 Å². The van der Waals surface area contributed by atoms with E-state index in [-0.39, 0.29) is 0 Å². The lowest BCUT2D eigenvalue weighted by molar-refractivity contribution is 0.336. The molecular weight excluding hydrogens is 198 g/mol. The van der Waals surface area contributed by atoms with Gasteiger partial charge < -0.3 is 0 Å². The lowest BCUT2D eigenvalue weighted by Gasteiger charge is -2.06. The topological polar surface area (TPSA) is 28.0 Å². The van der Waals surface area contributed by atoms with Crippen molar-refractivity contribution < 1.29 is 0 Å². The summed E-state index contributed by atoms with van der Waals surface area (Å²) >= 11 is 5.82. The molecule has 0 aliphatic carbocycles. The normalized spacial score (nSPS) is 16.8. The fourth-order valence-electron chi connectivity index (χ4n) is 1.44. The van der Waals surface area contributed by atoms with Crippen LogP contribution in [0.3, 0.4) is 0 Å². The smallest absolute Gasteiger partial charge is 0.0889 e. The van der Waals surface area contributed by atoms with Gasteiger partial charge in [0, 0.05) is 18.1 Å². The summed E-state index contributed by atoms with van der Waals surface area (Å²) in [5.41, 5.74) is 0.810. The molecule has 74 valence electrons. The van der Waals surface area contributed by atoms with E-state index < -0.39 is 0 Å². The lowest BCUT2D eigenvalue weighted by atomic mass is 10.3. The van der Waals surface area contributed by atoms with Crippen LogP contribution in [0.4, 0.5) is 5.69 Å². The van der Waals surface area contributed by atoms with Crippen molar-refractivity contribution in [2.75, 3.05) is 13.1 Å². The summed E-state index contributed by atoms with van der Waals surface area (Å²) in [6.07, 6.45) is 2.43. The SMILES string of the molecule is Clc1cccc(N=NN2CCCC2)c1. The molecule has 0 radical (unpaired) electrons. The van der Waals surface area contributed by atoms with Crippen LogP contribution in [0.1, 0.15) is 12.8 Å². The van der Waals surface area contributed by atoms with Crippen LogP contribution in [-0.4, -0.2) is 18.1 Å². The molecule has 3 nitrogen and oxygen atoms in total. The van der Waals surface area contributed by atoms with Gasteiger partial charge in [0.15, 0.2) is 0 Å². The first kappa shape index (κ1) is 9.46. The van der Waals surface area contributed by atoms with Crippen LogP contribution in [0.15, 0.2) is 34.6 Å². The molecular formula is C10H12ClN3. The number of rotatable bonds is 2. The van der Waals surface area contributed by atoms with E-state index in [0.717, 1.165) is 18.8 Å². The highest BCUT2D eigenvalue weighted by Crippen LogP contribution is 2.19. The second kappa shape index (κ2) is 4.42. The standard InChI is InChI=1S/C10H12ClN3/c11-9-4-3-5-10(8-9)12-13-14-6-1-2-7-14/h3-5,8H,1-2,6-7H2. The summed E-state index contributed by atoms with van der Waals surface area (Å²) < 4.78 is 0. The Labute approximate surface area is 88.4 Å². The van der Waals surface area contributed by atoms with E-state index >= 15 is 0 Å². The minimum Gasteiger partial charge on any atom is -0.278 e. The van der Waals surface area contributed by atoms with Crippen molar-refractivity contribution in [3.8, 4) is 0 Å². The highest BCUT2D eigenvalue weighted by atomic mass is 35.5. The zero-order valence-electron chi connectivity index (χ0n) is 7.86. The Hall–Kier alpha value is -1.09. The zero-order chi connectivity index (χ0) is 9.80. The zero-order valence-corrected chi connectivity index (χ0v) is 8.61. The van der Waals surface area contributed by atoms with Crippen molar-refractivity contribution in [1.29, 1.82) is 0 Å². The third-order valence-corrected chi connectivity index (χ3v) is 2.41. The summed E-state index contributed by atoms with van der Waals surface area (Å²) in [6.45, 7) is 2.04. The molecule has 14 heavy (non-hydrogen) atoms. The Bertz CT molecular complexity index is 332. The first-order valence-corrected chi connectivity index (χ1v) is 5.14. The van der Waals surface area contributed by atoms with Crippen molar-refractivity contribution in [3.05, 3.63) is 29.3 Å². The highest BCUT2D eigenvalue weighted by Gasteiger charge is 2.08.